The molecule has 2 saturated heterocycles. The van der Waals surface area contributed by atoms with Gasteiger partial charge < -0.3 is 0 Å². The summed E-state index contributed by atoms with van der Waals surface area (Å²) in [6, 6.07) is 3.18. The average molecular weight is 238 g/mol. The molecule has 86 valence electrons. The van der Waals surface area contributed by atoms with Crippen molar-refractivity contribution in [3.63, 3.8) is 0 Å². The Balaban J connectivity index is 1.72. The smallest absolute Gasteiger partial charge is 0.142 e. The van der Waals surface area contributed by atoms with Crippen LogP contribution in [0.4, 0.5) is 0 Å². The first kappa shape index (κ1) is 10.5. The van der Waals surface area contributed by atoms with Crippen LogP contribution >= 0.6 is 11.6 Å². The van der Waals surface area contributed by atoms with Crippen molar-refractivity contribution in [2.75, 3.05) is 0 Å². The lowest BCUT2D eigenvalue weighted by atomic mass is 10.0. The Labute approximate surface area is 101 Å². The number of fused-ring (bicyclic) bond motifs is 2. The molecule has 0 radical (unpaired) electrons. The zero-order chi connectivity index (χ0) is 11.0. The van der Waals surface area contributed by atoms with Crippen molar-refractivity contribution >= 4 is 11.6 Å². The quantitative estimate of drug-likeness (QED) is 0.739. The molecular formula is C12H16ClN3. The number of aromatic nitrogens is 2. The molecule has 3 rings (SSSR count). The Hall–Kier alpha value is -0.670. The van der Waals surface area contributed by atoms with Crippen LogP contribution in [0.3, 0.4) is 0 Å². The molecule has 0 aromatic carbocycles. The standard InChI is InChI=1S/C12H16ClN3/c13-9-6-10-2-3-11(7-9)16(10)8-12-14-4-1-5-15-12/h1,4-5,9-11H,2-3,6-8H2. The summed E-state index contributed by atoms with van der Waals surface area (Å²) in [5, 5.41) is 0.380. The van der Waals surface area contributed by atoms with E-state index in [2.05, 4.69) is 14.9 Å². The van der Waals surface area contributed by atoms with Crippen LogP contribution < -0.4 is 0 Å². The Kier molecular flexibility index (Phi) is 2.82. The molecule has 3 heterocycles. The lowest BCUT2D eigenvalue weighted by Gasteiger charge is -2.36. The van der Waals surface area contributed by atoms with Crippen LogP contribution in [0, 0.1) is 0 Å². The molecule has 0 amide bonds. The molecule has 0 spiro atoms. The Morgan fingerprint density at radius 3 is 2.44 bits per heavy atom. The van der Waals surface area contributed by atoms with Gasteiger partial charge in [-0.25, -0.2) is 9.97 Å². The molecule has 0 N–H and O–H groups in total. The molecule has 0 saturated carbocycles. The van der Waals surface area contributed by atoms with Gasteiger partial charge in [-0.15, -0.1) is 11.6 Å². The van der Waals surface area contributed by atoms with Crippen LogP contribution in [-0.4, -0.2) is 32.3 Å². The fourth-order valence-corrected chi connectivity index (χ4v) is 3.45. The highest BCUT2D eigenvalue weighted by atomic mass is 35.5. The molecule has 3 nitrogen and oxygen atoms in total. The van der Waals surface area contributed by atoms with E-state index >= 15 is 0 Å². The molecule has 2 bridgehead atoms. The zero-order valence-electron chi connectivity index (χ0n) is 9.22. The summed E-state index contributed by atoms with van der Waals surface area (Å²) in [6.45, 7) is 0.889. The maximum atomic E-state index is 6.26. The number of hydrogen-bond acceptors (Lipinski definition) is 3. The number of nitrogens with zero attached hydrogens (tertiary/aromatic N) is 3. The number of rotatable bonds is 2. The van der Waals surface area contributed by atoms with Crippen LogP contribution in [0.2, 0.25) is 0 Å². The lowest BCUT2D eigenvalue weighted by molar-refractivity contribution is 0.131. The fraction of sp³-hybridized carbons (Fsp3) is 0.667. The van der Waals surface area contributed by atoms with E-state index in [-0.39, 0.29) is 0 Å². The SMILES string of the molecule is ClC1CC2CCC(C1)N2Cc1ncccn1. The summed E-state index contributed by atoms with van der Waals surface area (Å²) in [5.74, 6) is 0.937. The minimum atomic E-state index is 0.380. The van der Waals surface area contributed by atoms with Crippen LogP contribution in [0.1, 0.15) is 31.5 Å². The third-order valence-corrected chi connectivity index (χ3v) is 4.13. The molecule has 1 aromatic rings. The zero-order valence-corrected chi connectivity index (χ0v) is 9.98. The number of hydrogen-bond donors (Lipinski definition) is 0. The van der Waals surface area contributed by atoms with Gasteiger partial charge in [0, 0.05) is 29.9 Å². The van der Waals surface area contributed by atoms with Gasteiger partial charge in [-0.3, -0.25) is 4.90 Å². The second-order valence-electron chi connectivity index (χ2n) is 4.79. The second-order valence-corrected chi connectivity index (χ2v) is 5.41. The van der Waals surface area contributed by atoms with Crippen LogP contribution in [0.15, 0.2) is 18.5 Å². The highest BCUT2D eigenvalue weighted by Crippen LogP contribution is 2.38. The molecular weight excluding hydrogens is 222 g/mol. The van der Waals surface area contributed by atoms with Crippen LogP contribution in [0.5, 0.6) is 0 Å². The maximum Gasteiger partial charge on any atom is 0.142 e. The van der Waals surface area contributed by atoms with Crippen molar-refractivity contribution in [1.29, 1.82) is 0 Å². The van der Waals surface area contributed by atoms with Crippen molar-refractivity contribution in [2.24, 2.45) is 0 Å². The molecule has 0 aliphatic carbocycles. The first-order valence-corrected chi connectivity index (χ1v) is 6.42. The van der Waals surface area contributed by atoms with Gasteiger partial charge in [0.2, 0.25) is 0 Å². The van der Waals surface area contributed by atoms with Gasteiger partial charge in [-0.05, 0) is 31.7 Å². The Bertz CT molecular complexity index is 343. The van der Waals surface area contributed by atoms with Crippen molar-refractivity contribution in [1.82, 2.24) is 14.9 Å². The minimum absolute atomic E-state index is 0.380. The molecule has 16 heavy (non-hydrogen) atoms. The van der Waals surface area contributed by atoms with Gasteiger partial charge in [-0.2, -0.15) is 0 Å². The molecule has 2 aliphatic rings. The summed E-state index contributed by atoms with van der Waals surface area (Å²) < 4.78 is 0. The third kappa shape index (κ3) is 1.94. The fourth-order valence-electron chi connectivity index (χ4n) is 3.04. The van der Waals surface area contributed by atoms with E-state index < -0.39 is 0 Å². The summed E-state index contributed by atoms with van der Waals surface area (Å²) >= 11 is 6.26. The number of piperidine rings is 1. The van der Waals surface area contributed by atoms with Gasteiger partial charge in [0.1, 0.15) is 5.82 Å². The van der Waals surface area contributed by atoms with Gasteiger partial charge in [0.25, 0.3) is 0 Å². The predicted molar refractivity (Wildman–Crippen MR) is 63.3 cm³/mol. The topological polar surface area (TPSA) is 29.0 Å². The first-order chi connectivity index (χ1) is 7.83. The monoisotopic (exact) mass is 237 g/mol. The normalized spacial score (nSPS) is 34.2. The maximum absolute atomic E-state index is 6.26. The molecule has 2 aliphatic heterocycles. The van der Waals surface area contributed by atoms with E-state index in [9.17, 15) is 0 Å². The highest BCUT2D eigenvalue weighted by molar-refractivity contribution is 6.20. The van der Waals surface area contributed by atoms with Crippen molar-refractivity contribution < 1.29 is 0 Å². The van der Waals surface area contributed by atoms with E-state index in [1.807, 2.05) is 18.5 Å². The molecule has 2 atom stereocenters. The molecule has 2 fully saturated rings. The van der Waals surface area contributed by atoms with E-state index in [4.69, 9.17) is 11.6 Å². The van der Waals surface area contributed by atoms with Crippen molar-refractivity contribution in [2.45, 2.75) is 49.7 Å². The van der Waals surface area contributed by atoms with Crippen molar-refractivity contribution in [3.8, 4) is 0 Å². The Morgan fingerprint density at radius 1 is 1.19 bits per heavy atom. The van der Waals surface area contributed by atoms with Gasteiger partial charge in [0.05, 0.1) is 6.54 Å². The van der Waals surface area contributed by atoms with Crippen molar-refractivity contribution in [3.05, 3.63) is 24.3 Å². The van der Waals surface area contributed by atoms with E-state index in [0.717, 1.165) is 25.2 Å². The summed E-state index contributed by atoms with van der Waals surface area (Å²) in [6.07, 6.45) is 8.48. The van der Waals surface area contributed by atoms with Gasteiger partial charge in [0.15, 0.2) is 0 Å². The summed E-state index contributed by atoms with van der Waals surface area (Å²) in [5.41, 5.74) is 0. The largest absolute Gasteiger partial charge is 0.290 e. The molecule has 2 unspecified atom stereocenters. The second kappa shape index (κ2) is 4.30. The Morgan fingerprint density at radius 2 is 1.81 bits per heavy atom. The van der Waals surface area contributed by atoms with Gasteiger partial charge in [-0.1, -0.05) is 0 Å². The first-order valence-electron chi connectivity index (χ1n) is 5.98. The average Bonchev–Trinajstić information content (AvgIpc) is 2.54. The number of alkyl halides is 1. The van der Waals surface area contributed by atoms with Crippen LogP contribution in [0.25, 0.3) is 0 Å². The van der Waals surface area contributed by atoms with Crippen LogP contribution in [-0.2, 0) is 6.54 Å². The molecule has 4 heteroatoms. The molecule has 1 aromatic heterocycles. The van der Waals surface area contributed by atoms with Gasteiger partial charge >= 0.3 is 0 Å². The van der Waals surface area contributed by atoms with E-state index in [1.165, 1.54) is 12.8 Å². The van der Waals surface area contributed by atoms with E-state index in [1.54, 1.807) is 0 Å². The summed E-state index contributed by atoms with van der Waals surface area (Å²) in [7, 11) is 0. The summed E-state index contributed by atoms with van der Waals surface area (Å²) in [4.78, 5) is 11.2. The predicted octanol–water partition coefficient (Wildman–Crippen LogP) is 2.21. The highest BCUT2D eigenvalue weighted by Gasteiger charge is 2.40. The number of halogens is 1. The minimum Gasteiger partial charge on any atom is -0.290 e. The van der Waals surface area contributed by atoms with E-state index in [0.29, 0.717) is 17.5 Å². The third-order valence-electron chi connectivity index (χ3n) is 3.77. The lowest BCUT2D eigenvalue weighted by Crippen LogP contribution is -2.43.